The third kappa shape index (κ3) is 4.47. The summed E-state index contributed by atoms with van der Waals surface area (Å²) in [6, 6.07) is 6.14. The molecule has 1 aromatic carbocycles. The highest BCUT2D eigenvalue weighted by atomic mass is 32.2. The van der Waals surface area contributed by atoms with Crippen molar-refractivity contribution in [2.24, 2.45) is 0 Å². The molecule has 8 nitrogen and oxygen atoms in total. The molecule has 2 N–H and O–H groups in total. The van der Waals surface area contributed by atoms with Gasteiger partial charge in [0.1, 0.15) is 16.5 Å². The van der Waals surface area contributed by atoms with Gasteiger partial charge < -0.3 is 10.2 Å². The summed E-state index contributed by atoms with van der Waals surface area (Å²) in [5.74, 6) is -0.0795. The number of aryl methyl sites for hydroxylation is 1. The molecule has 1 fully saturated rings. The molecule has 0 bridgehead atoms. The van der Waals surface area contributed by atoms with Crippen molar-refractivity contribution < 1.29 is 12.8 Å². The van der Waals surface area contributed by atoms with Crippen molar-refractivity contribution in [3.63, 3.8) is 0 Å². The predicted molar refractivity (Wildman–Crippen MR) is 115 cm³/mol. The average molecular weight is 451 g/mol. The maximum absolute atomic E-state index is 14.7. The first kappa shape index (κ1) is 20.8. The van der Waals surface area contributed by atoms with Gasteiger partial charge in [-0.1, -0.05) is 0 Å². The van der Waals surface area contributed by atoms with Gasteiger partial charge in [-0.2, -0.15) is 5.10 Å². The van der Waals surface area contributed by atoms with E-state index in [1.165, 1.54) is 18.3 Å². The van der Waals surface area contributed by atoms with Crippen molar-refractivity contribution in [3.8, 4) is 0 Å². The van der Waals surface area contributed by atoms with E-state index in [2.05, 4.69) is 32.1 Å². The Labute approximate surface area is 178 Å². The van der Waals surface area contributed by atoms with Gasteiger partial charge in [-0.05, 0) is 58.1 Å². The van der Waals surface area contributed by atoms with Crippen LogP contribution >= 0.6 is 11.3 Å². The standard InChI is InChI=1S/C19H23FN6O2S2/c1-13-11-18(26(23-13)15-5-8-25(2)9-6-15)22-14-3-4-17(16(20)12-14)30(27,28)24-19-21-7-10-29-19/h3-4,7,10-12,15,22H,5-6,8-9H2,1-2H3,(H,21,24). The number of hydrogen-bond donors (Lipinski definition) is 2. The van der Waals surface area contributed by atoms with Crippen LogP contribution in [0.1, 0.15) is 24.6 Å². The normalized spacial score (nSPS) is 16.0. The summed E-state index contributed by atoms with van der Waals surface area (Å²) < 4.78 is 43.8. The fourth-order valence-electron chi connectivity index (χ4n) is 3.52. The number of hydrogen-bond acceptors (Lipinski definition) is 7. The summed E-state index contributed by atoms with van der Waals surface area (Å²) in [4.78, 5) is 5.73. The molecule has 3 heterocycles. The van der Waals surface area contributed by atoms with Crippen LogP contribution in [0.4, 0.5) is 21.0 Å². The molecule has 1 aliphatic rings. The van der Waals surface area contributed by atoms with Gasteiger partial charge in [0.05, 0.1) is 11.7 Å². The molecule has 0 aliphatic carbocycles. The Morgan fingerprint density at radius 1 is 1.23 bits per heavy atom. The largest absolute Gasteiger partial charge is 0.340 e. The fourth-order valence-corrected chi connectivity index (χ4v) is 5.37. The number of halogens is 1. The number of rotatable bonds is 6. The van der Waals surface area contributed by atoms with Gasteiger partial charge in [-0.15, -0.1) is 11.3 Å². The number of piperidine rings is 1. The first-order valence-corrected chi connectivity index (χ1v) is 11.9. The summed E-state index contributed by atoms with van der Waals surface area (Å²) in [5, 5.41) is 9.62. The zero-order chi connectivity index (χ0) is 21.3. The van der Waals surface area contributed by atoms with Gasteiger partial charge in [0, 0.05) is 23.3 Å². The van der Waals surface area contributed by atoms with Crippen LogP contribution in [0.2, 0.25) is 0 Å². The van der Waals surface area contributed by atoms with Gasteiger partial charge in [0.2, 0.25) is 0 Å². The Morgan fingerprint density at radius 3 is 2.67 bits per heavy atom. The molecular weight excluding hydrogens is 427 g/mol. The van der Waals surface area contributed by atoms with Gasteiger partial charge >= 0.3 is 0 Å². The van der Waals surface area contributed by atoms with Crippen molar-refractivity contribution in [1.82, 2.24) is 19.7 Å². The number of anilines is 3. The summed E-state index contributed by atoms with van der Waals surface area (Å²) in [6.45, 7) is 3.91. The summed E-state index contributed by atoms with van der Waals surface area (Å²) in [6.07, 6.45) is 3.45. The molecule has 11 heteroatoms. The monoisotopic (exact) mass is 450 g/mol. The van der Waals surface area contributed by atoms with Gasteiger partial charge in [-0.25, -0.2) is 22.5 Å². The molecule has 0 radical (unpaired) electrons. The third-order valence-electron chi connectivity index (χ3n) is 5.04. The first-order chi connectivity index (χ1) is 14.3. The van der Waals surface area contributed by atoms with Crippen LogP contribution in [0.15, 0.2) is 40.7 Å². The molecule has 2 aromatic heterocycles. The van der Waals surface area contributed by atoms with E-state index in [9.17, 15) is 12.8 Å². The highest BCUT2D eigenvalue weighted by Gasteiger charge is 2.23. The maximum Gasteiger partial charge on any atom is 0.266 e. The van der Waals surface area contributed by atoms with E-state index in [-0.39, 0.29) is 11.2 Å². The number of nitrogens with one attached hydrogen (secondary N) is 2. The van der Waals surface area contributed by atoms with Crippen molar-refractivity contribution in [1.29, 1.82) is 0 Å². The van der Waals surface area contributed by atoms with Crippen LogP contribution in [0, 0.1) is 12.7 Å². The maximum atomic E-state index is 14.7. The molecule has 0 spiro atoms. The summed E-state index contributed by atoms with van der Waals surface area (Å²) in [7, 11) is -1.95. The molecule has 160 valence electrons. The molecule has 1 aliphatic heterocycles. The van der Waals surface area contributed by atoms with Gasteiger partial charge in [-0.3, -0.25) is 4.72 Å². The van der Waals surface area contributed by atoms with Crippen molar-refractivity contribution in [2.45, 2.75) is 30.7 Å². The number of likely N-dealkylation sites (tertiary alicyclic amines) is 1. The lowest BCUT2D eigenvalue weighted by Crippen LogP contribution is -2.32. The SMILES string of the molecule is Cc1cc(Nc2ccc(S(=O)(=O)Nc3nccs3)c(F)c2)n(C2CCN(C)CC2)n1. The minimum absolute atomic E-state index is 0.189. The quantitative estimate of drug-likeness (QED) is 0.596. The van der Waals surface area contributed by atoms with Gasteiger partial charge in [0.15, 0.2) is 5.13 Å². The second-order valence-corrected chi connectivity index (χ2v) is 9.91. The minimum atomic E-state index is -4.06. The molecule has 4 rings (SSSR count). The van der Waals surface area contributed by atoms with E-state index < -0.39 is 20.7 Å². The summed E-state index contributed by atoms with van der Waals surface area (Å²) in [5.41, 5.74) is 1.32. The average Bonchev–Trinajstić information content (AvgIpc) is 3.31. The highest BCUT2D eigenvalue weighted by molar-refractivity contribution is 7.93. The lowest BCUT2D eigenvalue weighted by molar-refractivity contribution is 0.213. The molecule has 30 heavy (non-hydrogen) atoms. The zero-order valence-corrected chi connectivity index (χ0v) is 18.3. The number of aromatic nitrogens is 3. The van der Waals surface area contributed by atoms with Crippen LogP contribution in [-0.4, -0.2) is 48.2 Å². The topological polar surface area (TPSA) is 92.2 Å². The first-order valence-electron chi connectivity index (χ1n) is 9.55. The Balaban J connectivity index is 1.55. The van der Waals surface area contributed by atoms with Crippen LogP contribution in [0.3, 0.4) is 0 Å². The molecule has 0 atom stereocenters. The number of thiazole rings is 1. The van der Waals surface area contributed by atoms with Crippen LogP contribution in [-0.2, 0) is 10.0 Å². The number of sulfonamides is 1. The van der Waals surface area contributed by atoms with Crippen molar-refractivity contribution in [2.75, 3.05) is 30.2 Å². The van der Waals surface area contributed by atoms with E-state index in [1.807, 2.05) is 17.7 Å². The van der Waals surface area contributed by atoms with Crippen LogP contribution in [0.5, 0.6) is 0 Å². The second kappa shape index (κ2) is 8.32. The number of benzene rings is 1. The zero-order valence-electron chi connectivity index (χ0n) is 16.7. The fraction of sp³-hybridized carbons (Fsp3) is 0.368. The highest BCUT2D eigenvalue weighted by Crippen LogP contribution is 2.29. The Bertz CT molecular complexity index is 1120. The lowest BCUT2D eigenvalue weighted by Gasteiger charge is -2.30. The smallest absolute Gasteiger partial charge is 0.266 e. The van der Waals surface area contributed by atoms with Crippen LogP contribution in [0.25, 0.3) is 0 Å². The van der Waals surface area contributed by atoms with Crippen molar-refractivity contribution >= 4 is 38.0 Å². The van der Waals surface area contributed by atoms with E-state index in [4.69, 9.17) is 0 Å². The van der Waals surface area contributed by atoms with Gasteiger partial charge in [0.25, 0.3) is 10.0 Å². The molecule has 0 saturated carbocycles. The van der Waals surface area contributed by atoms with E-state index in [1.54, 1.807) is 11.4 Å². The van der Waals surface area contributed by atoms with E-state index >= 15 is 0 Å². The molecule has 1 saturated heterocycles. The van der Waals surface area contributed by atoms with E-state index in [0.29, 0.717) is 5.69 Å². The number of nitrogens with zero attached hydrogens (tertiary/aromatic N) is 4. The second-order valence-electron chi connectivity index (χ2n) is 7.36. The molecule has 0 amide bonds. The summed E-state index contributed by atoms with van der Waals surface area (Å²) >= 11 is 1.12. The van der Waals surface area contributed by atoms with E-state index in [0.717, 1.165) is 48.8 Å². The van der Waals surface area contributed by atoms with Crippen molar-refractivity contribution in [3.05, 3.63) is 47.4 Å². The Hall–Kier alpha value is -2.50. The molecule has 0 unspecified atom stereocenters. The Morgan fingerprint density at radius 2 is 2.00 bits per heavy atom. The third-order valence-corrected chi connectivity index (χ3v) is 7.23. The predicted octanol–water partition coefficient (Wildman–Crippen LogP) is 3.60. The molecule has 3 aromatic rings. The lowest BCUT2D eigenvalue weighted by atomic mass is 10.1. The minimum Gasteiger partial charge on any atom is -0.340 e. The van der Waals surface area contributed by atoms with Crippen LogP contribution < -0.4 is 10.0 Å². The molecular formula is C19H23FN6O2S2. The Kier molecular flexibility index (Phi) is 5.76.